The van der Waals surface area contributed by atoms with E-state index < -0.39 is 16.1 Å². The number of halogens is 2. The Hall–Kier alpha value is -0.710. The first-order valence-electron chi connectivity index (χ1n) is 6.80. The Labute approximate surface area is 147 Å². The van der Waals surface area contributed by atoms with E-state index in [1.54, 1.807) is 0 Å². The highest BCUT2D eigenvalue weighted by Crippen LogP contribution is 2.37. The van der Waals surface area contributed by atoms with Gasteiger partial charge in [0.15, 0.2) is 0 Å². The number of morpholine rings is 1. The minimum Gasteiger partial charge on any atom is -0.422 e. The van der Waals surface area contributed by atoms with Gasteiger partial charge in [0, 0.05) is 19.5 Å². The summed E-state index contributed by atoms with van der Waals surface area (Å²) in [7, 11) is -3.75. The first-order chi connectivity index (χ1) is 10.9. The summed E-state index contributed by atoms with van der Waals surface area (Å²) in [4.78, 5) is 0.00888. The molecule has 1 aliphatic heterocycles. The summed E-state index contributed by atoms with van der Waals surface area (Å²) in [6.45, 7) is 2.41. The summed E-state index contributed by atoms with van der Waals surface area (Å²) < 4.78 is 38.2. The highest BCUT2D eigenvalue weighted by molar-refractivity contribution is 7.89. The topological polar surface area (TPSA) is 85.5 Å². The Balaban J connectivity index is 1.84. The number of aryl methyl sites for hydroxylation is 1. The Bertz CT molecular complexity index is 805. The van der Waals surface area contributed by atoms with Gasteiger partial charge < -0.3 is 9.15 Å². The molecule has 2 aromatic heterocycles. The number of ether oxygens (including phenoxy) is 1. The molecular weight excluding hydrogens is 385 g/mol. The van der Waals surface area contributed by atoms with E-state index in [2.05, 4.69) is 10.2 Å². The van der Waals surface area contributed by atoms with E-state index in [0.29, 0.717) is 16.6 Å². The fourth-order valence-electron chi connectivity index (χ4n) is 2.17. The molecule has 3 rings (SSSR count). The van der Waals surface area contributed by atoms with Crippen molar-refractivity contribution in [3.05, 3.63) is 26.5 Å². The lowest BCUT2D eigenvalue weighted by molar-refractivity contribution is -0.0177. The highest BCUT2D eigenvalue weighted by Gasteiger charge is 2.35. The number of nitrogens with zero attached hydrogens (tertiary/aromatic N) is 3. The Morgan fingerprint density at radius 3 is 2.83 bits per heavy atom. The van der Waals surface area contributed by atoms with Crippen molar-refractivity contribution >= 4 is 44.6 Å². The van der Waals surface area contributed by atoms with Crippen LogP contribution in [0.2, 0.25) is 8.67 Å². The second-order valence-corrected chi connectivity index (χ2v) is 8.99. The standard InChI is InChI=1S/C12H13Cl2N3O4S2/c1-2-10-15-16-12(21-10)7-6-17(3-4-20-7)23(18,19)8-5-9(13)22-11(8)14/h5,7H,2-4,6H2,1H3. The number of sulfonamides is 1. The van der Waals surface area contributed by atoms with E-state index in [4.69, 9.17) is 32.4 Å². The van der Waals surface area contributed by atoms with Gasteiger partial charge in [-0.25, -0.2) is 8.42 Å². The minimum atomic E-state index is -3.75. The van der Waals surface area contributed by atoms with Crippen molar-refractivity contribution in [2.45, 2.75) is 24.3 Å². The molecule has 0 N–H and O–H groups in total. The van der Waals surface area contributed by atoms with Crippen LogP contribution < -0.4 is 0 Å². The molecule has 0 aromatic carbocycles. The maximum Gasteiger partial charge on any atom is 0.246 e. The molecule has 23 heavy (non-hydrogen) atoms. The summed E-state index contributed by atoms with van der Waals surface area (Å²) >= 11 is 12.8. The van der Waals surface area contributed by atoms with Crippen LogP contribution in [-0.2, 0) is 21.2 Å². The molecule has 0 radical (unpaired) electrons. The van der Waals surface area contributed by atoms with E-state index in [-0.39, 0.29) is 34.8 Å². The van der Waals surface area contributed by atoms with Gasteiger partial charge in [-0.2, -0.15) is 4.31 Å². The molecule has 3 heterocycles. The third-order valence-electron chi connectivity index (χ3n) is 3.33. The molecule has 1 saturated heterocycles. The molecule has 0 aliphatic carbocycles. The molecule has 7 nitrogen and oxygen atoms in total. The van der Waals surface area contributed by atoms with Crippen LogP contribution in [0.25, 0.3) is 0 Å². The van der Waals surface area contributed by atoms with E-state index in [1.165, 1.54) is 10.4 Å². The fourth-order valence-corrected chi connectivity index (χ4v) is 5.71. The average molecular weight is 398 g/mol. The van der Waals surface area contributed by atoms with Crippen LogP contribution in [0, 0.1) is 0 Å². The maximum absolute atomic E-state index is 12.7. The van der Waals surface area contributed by atoms with Gasteiger partial charge in [-0.1, -0.05) is 30.1 Å². The third kappa shape index (κ3) is 3.40. The van der Waals surface area contributed by atoms with Gasteiger partial charge >= 0.3 is 0 Å². The zero-order chi connectivity index (χ0) is 16.6. The molecule has 1 aliphatic rings. The molecule has 2 aromatic rings. The monoisotopic (exact) mass is 397 g/mol. The van der Waals surface area contributed by atoms with Crippen LogP contribution in [0.3, 0.4) is 0 Å². The third-order valence-corrected chi connectivity index (χ3v) is 6.95. The van der Waals surface area contributed by atoms with Gasteiger partial charge in [0.25, 0.3) is 0 Å². The van der Waals surface area contributed by atoms with Crippen LogP contribution >= 0.6 is 34.5 Å². The van der Waals surface area contributed by atoms with Gasteiger partial charge in [0.1, 0.15) is 15.3 Å². The van der Waals surface area contributed by atoms with Crippen molar-refractivity contribution in [2.75, 3.05) is 19.7 Å². The van der Waals surface area contributed by atoms with Crippen LogP contribution in [0.15, 0.2) is 15.4 Å². The second-order valence-electron chi connectivity index (χ2n) is 4.80. The number of rotatable bonds is 4. The zero-order valence-corrected chi connectivity index (χ0v) is 15.2. The molecule has 0 spiro atoms. The normalized spacial score (nSPS) is 20.0. The van der Waals surface area contributed by atoms with Crippen LogP contribution in [0.4, 0.5) is 0 Å². The van der Waals surface area contributed by atoms with Crippen molar-refractivity contribution < 1.29 is 17.6 Å². The Kier molecular flexibility index (Phi) is 4.96. The first-order valence-corrected chi connectivity index (χ1v) is 9.82. The van der Waals surface area contributed by atoms with E-state index in [9.17, 15) is 8.42 Å². The quantitative estimate of drug-likeness (QED) is 0.787. The summed E-state index contributed by atoms with van der Waals surface area (Å²) in [6, 6.07) is 1.36. The lowest BCUT2D eigenvalue weighted by Gasteiger charge is -2.30. The van der Waals surface area contributed by atoms with Crippen molar-refractivity contribution in [3.63, 3.8) is 0 Å². The maximum atomic E-state index is 12.7. The zero-order valence-electron chi connectivity index (χ0n) is 12.0. The fraction of sp³-hybridized carbons (Fsp3) is 0.500. The van der Waals surface area contributed by atoms with Crippen molar-refractivity contribution in [1.82, 2.24) is 14.5 Å². The lowest BCUT2D eigenvalue weighted by Crippen LogP contribution is -2.42. The minimum absolute atomic E-state index is 0.00888. The van der Waals surface area contributed by atoms with E-state index >= 15 is 0 Å². The highest BCUT2D eigenvalue weighted by atomic mass is 35.5. The predicted molar refractivity (Wildman–Crippen MR) is 85.5 cm³/mol. The molecule has 1 fully saturated rings. The van der Waals surface area contributed by atoms with Crippen LogP contribution in [0.1, 0.15) is 24.8 Å². The van der Waals surface area contributed by atoms with Gasteiger partial charge in [-0.15, -0.1) is 21.5 Å². The average Bonchev–Trinajstić information content (AvgIpc) is 3.14. The number of hydrogen-bond donors (Lipinski definition) is 0. The molecule has 0 bridgehead atoms. The number of aromatic nitrogens is 2. The van der Waals surface area contributed by atoms with E-state index in [0.717, 1.165) is 11.3 Å². The summed E-state index contributed by atoms with van der Waals surface area (Å²) in [5.74, 6) is 0.757. The van der Waals surface area contributed by atoms with Crippen molar-refractivity contribution in [2.24, 2.45) is 0 Å². The number of hydrogen-bond acceptors (Lipinski definition) is 7. The summed E-state index contributed by atoms with van der Waals surface area (Å²) in [5.41, 5.74) is 0. The molecule has 1 unspecified atom stereocenters. The lowest BCUT2D eigenvalue weighted by atomic mass is 10.3. The molecule has 126 valence electrons. The Morgan fingerprint density at radius 1 is 1.43 bits per heavy atom. The SMILES string of the molecule is CCc1nnc(C2CN(S(=O)(=O)c3cc(Cl)sc3Cl)CCO2)o1. The number of thiophene rings is 1. The molecule has 0 saturated carbocycles. The van der Waals surface area contributed by atoms with Gasteiger partial charge in [-0.3, -0.25) is 0 Å². The van der Waals surface area contributed by atoms with Gasteiger partial charge in [-0.05, 0) is 6.07 Å². The van der Waals surface area contributed by atoms with Crippen molar-refractivity contribution in [1.29, 1.82) is 0 Å². The predicted octanol–water partition coefficient (Wildman–Crippen LogP) is 2.76. The smallest absolute Gasteiger partial charge is 0.246 e. The largest absolute Gasteiger partial charge is 0.422 e. The van der Waals surface area contributed by atoms with Gasteiger partial charge in [0.05, 0.1) is 10.9 Å². The first kappa shape index (κ1) is 17.1. The second kappa shape index (κ2) is 6.66. The van der Waals surface area contributed by atoms with E-state index in [1.807, 2.05) is 6.92 Å². The molecule has 1 atom stereocenters. The van der Waals surface area contributed by atoms with Crippen LogP contribution in [-0.4, -0.2) is 42.6 Å². The molecule has 11 heteroatoms. The Morgan fingerprint density at radius 2 is 2.22 bits per heavy atom. The van der Waals surface area contributed by atoms with Gasteiger partial charge in [0.2, 0.25) is 21.8 Å². The summed E-state index contributed by atoms with van der Waals surface area (Å²) in [5, 5.41) is 7.78. The van der Waals surface area contributed by atoms with Crippen molar-refractivity contribution in [3.8, 4) is 0 Å². The van der Waals surface area contributed by atoms with Crippen LogP contribution in [0.5, 0.6) is 0 Å². The summed E-state index contributed by atoms with van der Waals surface area (Å²) in [6.07, 6.45) is 0.00397. The molecular formula is C12H13Cl2N3O4S2. The molecule has 0 amide bonds.